The molecule has 1 aromatic heterocycles. The van der Waals surface area contributed by atoms with E-state index in [1.165, 1.54) is 0 Å². The lowest BCUT2D eigenvalue weighted by atomic mass is 10.2. The van der Waals surface area contributed by atoms with E-state index >= 15 is 0 Å². The van der Waals surface area contributed by atoms with Crippen LogP contribution in [0.25, 0.3) is 11.0 Å². The largest absolute Gasteiger partial charge is 0.497 e. The van der Waals surface area contributed by atoms with Crippen molar-refractivity contribution >= 4 is 38.5 Å². The van der Waals surface area contributed by atoms with E-state index in [1.54, 1.807) is 29.6 Å². The van der Waals surface area contributed by atoms with Crippen molar-refractivity contribution in [3.63, 3.8) is 0 Å². The van der Waals surface area contributed by atoms with Crippen LogP contribution in [0, 0.1) is 0 Å². The summed E-state index contributed by atoms with van der Waals surface area (Å²) >= 11 is 1.03. The molecule has 7 nitrogen and oxygen atoms in total. The van der Waals surface area contributed by atoms with Crippen molar-refractivity contribution in [2.24, 2.45) is 0 Å². The summed E-state index contributed by atoms with van der Waals surface area (Å²) in [6.45, 7) is 3.50. The topological polar surface area (TPSA) is 75.6 Å². The predicted octanol–water partition coefficient (Wildman–Crippen LogP) is 2.60. The van der Waals surface area contributed by atoms with Gasteiger partial charge in [0.2, 0.25) is 10.0 Å². The van der Waals surface area contributed by atoms with Crippen LogP contribution < -0.4 is 9.64 Å². The van der Waals surface area contributed by atoms with Gasteiger partial charge in [0.25, 0.3) is 0 Å². The number of nitrogens with zero attached hydrogens (tertiary/aromatic N) is 4. The van der Waals surface area contributed by atoms with Crippen LogP contribution >= 0.6 is 11.7 Å². The van der Waals surface area contributed by atoms with Crippen molar-refractivity contribution in [1.29, 1.82) is 0 Å². The van der Waals surface area contributed by atoms with Crippen LogP contribution in [0.15, 0.2) is 47.4 Å². The SMILES string of the molecule is COc1ccc(N2CCN(S(=O)(=O)c3cccc4nsnc34)CC2C)cc1. The second-order valence-corrected chi connectivity index (χ2v) is 8.93. The van der Waals surface area contributed by atoms with Crippen LogP contribution in [0.1, 0.15) is 6.92 Å². The van der Waals surface area contributed by atoms with Gasteiger partial charge in [-0.2, -0.15) is 13.1 Å². The summed E-state index contributed by atoms with van der Waals surface area (Å²) in [6.07, 6.45) is 0. The Labute approximate surface area is 162 Å². The summed E-state index contributed by atoms with van der Waals surface area (Å²) in [5.74, 6) is 0.803. The van der Waals surface area contributed by atoms with Crippen LogP contribution in [-0.4, -0.2) is 54.3 Å². The van der Waals surface area contributed by atoms with Crippen LogP contribution in [0.2, 0.25) is 0 Å². The fraction of sp³-hybridized carbons (Fsp3) is 0.333. The van der Waals surface area contributed by atoms with Gasteiger partial charge in [-0.3, -0.25) is 0 Å². The Morgan fingerprint density at radius 3 is 2.59 bits per heavy atom. The van der Waals surface area contributed by atoms with Gasteiger partial charge in [0.1, 0.15) is 21.7 Å². The molecule has 27 heavy (non-hydrogen) atoms. The first-order chi connectivity index (χ1) is 13.0. The minimum atomic E-state index is -3.62. The fourth-order valence-electron chi connectivity index (χ4n) is 3.43. The van der Waals surface area contributed by atoms with E-state index in [0.29, 0.717) is 30.7 Å². The zero-order valence-corrected chi connectivity index (χ0v) is 16.7. The molecule has 9 heteroatoms. The standard InChI is InChI=1S/C18H20N4O3S2/c1-13-12-21(10-11-22(13)14-6-8-15(25-2)9-7-14)27(23,24)17-5-3-4-16-18(17)20-26-19-16/h3-9,13H,10-12H2,1-2H3. The van der Waals surface area contributed by atoms with Crippen LogP contribution in [0.3, 0.4) is 0 Å². The number of benzene rings is 2. The normalized spacial score (nSPS) is 18.7. The fourth-order valence-corrected chi connectivity index (χ4v) is 5.69. The second kappa shape index (κ2) is 7.06. The zero-order valence-electron chi connectivity index (χ0n) is 15.1. The Kier molecular flexibility index (Phi) is 4.75. The van der Waals surface area contributed by atoms with Crippen LogP contribution in [-0.2, 0) is 10.0 Å². The minimum absolute atomic E-state index is 0.0506. The maximum Gasteiger partial charge on any atom is 0.245 e. The Morgan fingerprint density at radius 2 is 1.89 bits per heavy atom. The summed E-state index contributed by atoms with van der Waals surface area (Å²) in [5.41, 5.74) is 2.13. The molecule has 142 valence electrons. The molecule has 1 fully saturated rings. The van der Waals surface area contributed by atoms with Crippen molar-refractivity contribution in [3.8, 4) is 5.75 Å². The highest BCUT2D eigenvalue weighted by Crippen LogP contribution is 2.28. The van der Waals surface area contributed by atoms with Crippen molar-refractivity contribution in [3.05, 3.63) is 42.5 Å². The van der Waals surface area contributed by atoms with Crippen LogP contribution in [0.4, 0.5) is 5.69 Å². The summed E-state index contributed by atoms with van der Waals surface area (Å²) < 4.78 is 41.5. The Bertz CT molecular complexity index is 1050. The molecule has 0 saturated carbocycles. The first-order valence-electron chi connectivity index (χ1n) is 8.63. The van der Waals surface area contributed by atoms with Gasteiger partial charge in [-0.25, -0.2) is 8.42 Å². The quantitative estimate of drug-likeness (QED) is 0.665. The van der Waals surface area contributed by atoms with Crippen molar-refractivity contribution < 1.29 is 13.2 Å². The Hall–Kier alpha value is -2.23. The van der Waals surface area contributed by atoms with E-state index in [1.807, 2.05) is 31.2 Å². The number of sulfonamides is 1. The number of rotatable bonds is 4. The molecule has 2 heterocycles. The molecule has 0 amide bonds. The first kappa shape index (κ1) is 18.1. The lowest BCUT2D eigenvalue weighted by Gasteiger charge is -2.40. The van der Waals surface area contributed by atoms with E-state index in [-0.39, 0.29) is 10.9 Å². The molecule has 1 aliphatic rings. The van der Waals surface area contributed by atoms with Crippen molar-refractivity contribution in [2.45, 2.75) is 17.9 Å². The number of aromatic nitrogens is 2. The maximum absolute atomic E-state index is 13.2. The van der Waals surface area contributed by atoms with Gasteiger partial charge in [-0.05, 0) is 43.3 Å². The van der Waals surface area contributed by atoms with E-state index in [2.05, 4.69) is 13.6 Å². The monoisotopic (exact) mass is 404 g/mol. The summed E-state index contributed by atoms with van der Waals surface area (Å²) in [6, 6.07) is 13.0. The average molecular weight is 405 g/mol. The minimum Gasteiger partial charge on any atom is -0.497 e. The molecule has 1 aliphatic heterocycles. The molecule has 3 aromatic rings. The molecule has 2 aromatic carbocycles. The van der Waals surface area contributed by atoms with Gasteiger partial charge in [-0.15, -0.1) is 0 Å². The summed E-state index contributed by atoms with van der Waals surface area (Å²) in [5, 5.41) is 0. The molecule has 0 aliphatic carbocycles. The van der Waals surface area contributed by atoms with E-state index in [9.17, 15) is 8.42 Å². The highest BCUT2D eigenvalue weighted by molar-refractivity contribution is 7.89. The molecule has 0 spiro atoms. The van der Waals surface area contributed by atoms with E-state index in [0.717, 1.165) is 23.2 Å². The molecule has 1 atom stereocenters. The number of piperazine rings is 1. The van der Waals surface area contributed by atoms with Gasteiger partial charge in [-0.1, -0.05) is 6.07 Å². The molecule has 0 N–H and O–H groups in total. The highest BCUT2D eigenvalue weighted by atomic mass is 32.2. The van der Waals surface area contributed by atoms with Gasteiger partial charge >= 0.3 is 0 Å². The van der Waals surface area contributed by atoms with Crippen molar-refractivity contribution in [2.75, 3.05) is 31.6 Å². The van der Waals surface area contributed by atoms with Crippen molar-refractivity contribution in [1.82, 2.24) is 13.1 Å². The third-order valence-corrected chi connectivity index (χ3v) is 7.30. The lowest BCUT2D eigenvalue weighted by Crippen LogP contribution is -2.53. The number of hydrogen-bond donors (Lipinski definition) is 0. The third kappa shape index (κ3) is 3.26. The number of ether oxygens (including phenoxy) is 1. The number of hydrogen-bond acceptors (Lipinski definition) is 7. The molecule has 1 saturated heterocycles. The number of methoxy groups -OCH3 is 1. The molecular formula is C18H20N4O3S2. The second-order valence-electron chi connectivity index (χ2n) is 6.49. The molecular weight excluding hydrogens is 384 g/mol. The summed E-state index contributed by atoms with van der Waals surface area (Å²) in [7, 11) is -1.98. The zero-order chi connectivity index (χ0) is 19.0. The molecule has 1 unspecified atom stereocenters. The Balaban J connectivity index is 1.57. The van der Waals surface area contributed by atoms with Crippen LogP contribution in [0.5, 0.6) is 5.75 Å². The molecule has 0 bridgehead atoms. The van der Waals surface area contributed by atoms with E-state index in [4.69, 9.17) is 4.74 Å². The lowest BCUT2D eigenvalue weighted by molar-refractivity contribution is 0.342. The highest BCUT2D eigenvalue weighted by Gasteiger charge is 2.33. The molecule has 4 rings (SSSR count). The number of anilines is 1. The first-order valence-corrected chi connectivity index (χ1v) is 10.8. The smallest absolute Gasteiger partial charge is 0.245 e. The van der Waals surface area contributed by atoms with Gasteiger partial charge in [0.15, 0.2) is 0 Å². The summed E-state index contributed by atoms with van der Waals surface area (Å²) in [4.78, 5) is 2.45. The van der Waals surface area contributed by atoms with E-state index < -0.39 is 10.0 Å². The Morgan fingerprint density at radius 1 is 1.11 bits per heavy atom. The van der Waals surface area contributed by atoms with Gasteiger partial charge in [0.05, 0.1) is 18.8 Å². The van der Waals surface area contributed by atoms with Gasteiger partial charge in [0, 0.05) is 31.4 Å². The number of fused-ring (bicyclic) bond motifs is 1. The van der Waals surface area contributed by atoms with Gasteiger partial charge < -0.3 is 9.64 Å². The average Bonchev–Trinajstić information content (AvgIpc) is 3.16. The third-order valence-electron chi connectivity index (χ3n) is 4.86. The molecule has 0 radical (unpaired) electrons. The maximum atomic E-state index is 13.2. The predicted molar refractivity (Wildman–Crippen MR) is 106 cm³/mol.